The van der Waals surface area contributed by atoms with Crippen LogP contribution in [0.15, 0.2) is 48.0 Å². The van der Waals surface area contributed by atoms with Gasteiger partial charge in [-0.15, -0.1) is 0 Å². The Morgan fingerprint density at radius 2 is 1.81 bits per heavy atom. The van der Waals surface area contributed by atoms with Crippen LogP contribution in [0.2, 0.25) is 0 Å². The molecule has 2 fully saturated rings. The summed E-state index contributed by atoms with van der Waals surface area (Å²) in [7, 11) is 0. The summed E-state index contributed by atoms with van der Waals surface area (Å²) in [5, 5.41) is 21.4. The molecule has 0 bridgehead atoms. The van der Waals surface area contributed by atoms with E-state index >= 15 is 0 Å². The minimum Gasteiger partial charge on any atom is -0.508 e. The van der Waals surface area contributed by atoms with E-state index in [0.717, 1.165) is 56.3 Å². The number of hydrogen-bond acceptors (Lipinski definition) is 5. The van der Waals surface area contributed by atoms with Gasteiger partial charge in [-0.05, 0) is 67.1 Å². The number of carbonyl (C=O) groups is 2. The van der Waals surface area contributed by atoms with E-state index in [4.69, 9.17) is 4.74 Å². The predicted molar refractivity (Wildman–Crippen MR) is 119 cm³/mol. The molecule has 2 aliphatic heterocycles. The molecule has 1 saturated heterocycles. The van der Waals surface area contributed by atoms with E-state index in [1.54, 1.807) is 35.2 Å². The molecule has 6 nitrogen and oxygen atoms in total. The number of aliphatic hydroxyl groups excluding tert-OH is 1. The summed E-state index contributed by atoms with van der Waals surface area (Å²) >= 11 is 0. The molecule has 2 N–H and O–H groups in total. The largest absolute Gasteiger partial charge is 0.508 e. The number of ether oxygens (including phenoxy) is 1. The van der Waals surface area contributed by atoms with Crippen molar-refractivity contribution >= 4 is 17.4 Å². The number of benzene rings is 2. The zero-order valence-corrected chi connectivity index (χ0v) is 17.9. The Morgan fingerprint density at radius 3 is 2.59 bits per heavy atom. The highest BCUT2D eigenvalue weighted by atomic mass is 16.5. The van der Waals surface area contributed by atoms with Crippen LogP contribution < -0.4 is 4.74 Å². The number of Topliss-reactive ketones (excluding diaryl/α,β-unsaturated/α-hetero) is 1. The van der Waals surface area contributed by atoms with Gasteiger partial charge in [0, 0.05) is 11.6 Å². The number of amides is 1. The molecular weight excluding hydrogens is 406 g/mol. The molecular formula is C26H27NO5. The molecule has 5 rings (SSSR count). The quantitative estimate of drug-likeness (QED) is 0.424. The zero-order chi connectivity index (χ0) is 22.2. The molecule has 1 atom stereocenters. The summed E-state index contributed by atoms with van der Waals surface area (Å²) in [5.74, 6) is -0.575. The lowest BCUT2D eigenvalue weighted by Crippen LogP contribution is -2.40. The second kappa shape index (κ2) is 8.34. The van der Waals surface area contributed by atoms with Gasteiger partial charge in [0.15, 0.2) is 0 Å². The molecule has 1 unspecified atom stereocenters. The van der Waals surface area contributed by atoms with Gasteiger partial charge in [-0.1, -0.05) is 31.4 Å². The normalized spacial score (nSPS) is 23.1. The highest BCUT2D eigenvalue weighted by Crippen LogP contribution is 2.44. The summed E-state index contributed by atoms with van der Waals surface area (Å²) in [5.41, 5.74) is 2.19. The number of fused-ring (bicyclic) bond motifs is 1. The maximum absolute atomic E-state index is 13.2. The zero-order valence-electron chi connectivity index (χ0n) is 17.9. The standard InChI is InChI=1S/C26H27NO5/c28-20-10-4-6-17(15-20)23-22(25(30)26(31)27(23)19-8-2-1-3-9-19)24(29)18-11-12-21-16(14-18)7-5-13-32-21/h4,6,10-12,14-15,19,23,28-29H,1-3,5,7-9,13H2/b24-22-. The molecule has 3 aliphatic rings. The van der Waals surface area contributed by atoms with Crippen molar-refractivity contribution in [1.29, 1.82) is 0 Å². The van der Waals surface area contributed by atoms with Crippen LogP contribution in [-0.2, 0) is 16.0 Å². The smallest absolute Gasteiger partial charge is 0.295 e. The van der Waals surface area contributed by atoms with Gasteiger partial charge in [0.2, 0.25) is 0 Å². The van der Waals surface area contributed by atoms with Crippen LogP contribution in [0.1, 0.15) is 61.3 Å². The molecule has 1 amide bonds. The summed E-state index contributed by atoms with van der Waals surface area (Å²) in [6.45, 7) is 0.669. The van der Waals surface area contributed by atoms with Gasteiger partial charge in [0.05, 0.1) is 18.2 Å². The number of nitrogens with zero attached hydrogens (tertiary/aromatic N) is 1. The van der Waals surface area contributed by atoms with Gasteiger partial charge in [-0.25, -0.2) is 0 Å². The van der Waals surface area contributed by atoms with Crippen LogP contribution in [0.5, 0.6) is 11.5 Å². The van der Waals surface area contributed by atoms with Crippen molar-refractivity contribution in [3.63, 3.8) is 0 Å². The van der Waals surface area contributed by atoms with E-state index < -0.39 is 17.7 Å². The Balaban J connectivity index is 1.64. The fourth-order valence-electron chi connectivity index (χ4n) is 5.27. The Kier molecular flexibility index (Phi) is 5.37. The first kappa shape index (κ1) is 20.6. The Bertz CT molecular complexity index is 1100. The van der Waals surface area contributed by atoms with Gasteiger partial charge in [-0.3, -0.25) is 9.59 Å². The van der Waals surface area contributed by atoms with Crippen LogP contribution in [-0.4, -0.2) is 39.5 Å². The average molecular weight is 434 g/mol. The van der Waals surface area contributed by atoms with Crippen molar-refractivity contribution in [2.45, 2.75) is 57.0 Å². The highest BCUT2D eigenvalue weighted by molar-refractivity contribution is 6.46. The lowest BCUT2D eigenvalue weighted by molar-refractivity contribution is -0.141. The van der Waals surface area contributed by atoms with Crippen molar-refractivity contribution in [2.24, 2.45) is 0 Å². The summed E-state index contributed by atoms with van der Waals surface area (Å²) in [4.78, 5) is 28.1. The van der Waals surface area contributed by atoms with Crippen LogP contribution in [0, 0.1) is 0 Å². The summed E-state index contributed by atoms with van der Waals surface area (Å²) in [6.07, 6.45) is 6.53. The summed E-state index contributed by atoms with van der Waals surface area (Å²) < 4.78 is 5.67. The minimum absolute atomic E-state index is 0.0580. The fraction of sp³-hybridized carbons (Fsp3) is 0.385. The van der Waals surface area contributed by atoms with E-state index in [9.17, 15) is 19.8 Å². The van der Waals surface area contributed by atoms with Crippen molar-refractivity contribution in [2.75, 3.05) is 6.61 Å². The van der Waals surface area contributed by atoms with Crippen molar-refractivity contribution in [1.82, 2.24) is 4.90 Å². The molecule has 0 aromatic heterocycles. The maximum Gasteiger partial charge on any atom is 0.295 e. The third-order valence-corrected chi connectivity index (χ3v) is 6.82. The molecule has 6 heteroatoms. The van der Waals surface area contributed by atoms with Crippen LogP contribution >= 0.6 is 0 Å². The molecule has 2 heterocycles. The summed E-state index contributed by atoms with van der Waals surface area (Å²) in [6, 6.07) is 11.2. The first-order valence-electron chi connectivity index (χ1n) is 11.4. The molecule has 0 radical (unpaired) electrons. The number of aryl methyl sites for hydroxylation is 1. The number of aromatic hydroxyl groups is 1. The topological polar surface area (TPSA) is 87.1 Å². The van der Waals surface area contributed by atoms with Crippen molar-refractivity contribution in [3.05, 3.63) is 64.7 Å². The molecule has 1 saturated carbocycles. The molecule has 2 aromatic rings. The number of carbonyl (C=O) groups excluding carboxylic acids is 2. The second-order valence-electron chi connectivity index (χ2n) is 8.87. The van der Waals surface area contributed by atoms with Gasteiger partial charge in [0.25, 0.3) is 11.7 Å². The number of rotatable bonds is 3. The van der Waals surface area contributed by atoms with Gasteiger partial charge in [-0.2, -0.15) is 0 Å². The Labute approximate surface area is 187 Å². The molecule has 32 heavy (non-hydrogen) atoms. The predicted octanol–water partition coefficient (Wildman–Crippen LogP) is 4.47. The van der Waals surface area contributed by atoms with Crippen LogP contribution in [0.3, 0.4) is 0 Å². The maximum atomic E-state index is 13.2. The van der Waals surface area contributed by atoms with E-state index in [1.165, 1.54) is 0 Å². The molecule has 0 spiro atoms. The Morgan fingerprint density at radius 1 is 1.00 bits per heavy atom. The Hall–Kier alpha value is -3.28. The highest BCUT2D eigenvalue weighted by Gasteiger charge is 2.49. The lowest BCUT2D eigenvalue weighted by Gasteiger charge is -2.35. The lowest BCUT2D eigenvalue weighted by atomic mass is 9.90. The van der Waals surface area contributed by atoms with Crippen LogP contribution in [0.4, 0.5) is 0 Å². The third kappa shape index (κ3) is 3.53. The van der Waals surface area contributed by atoms with Crippen LogP contribution in [0.25, 0.3) is 5.76 Å². The number of aliphatic hydroxyl groups is 1. The number of hydrogen-bond donors (Lipinski definition) is 2. The molecule has 2 aromatic carbocycles. The number of ketones is 1. The monoisotopic (exact) mass is 433 g/mol. The number of phenolic OH excluding ortho intramolecular Hbond substituents is 1. The number of phenols is 1. The third-order valence-electron chi connectivity index (χ3n) is 6.82. The van der Waals surface area contributed by atoms with Gasteiger partial charge < -0.3 is 19.8 Å². The van der Waals surface area contributed by atoms with Gasteiger partial charge in [0.1, 0.15) is 17.3 Å². The van der Waals surface area contributed by atoms with E-state index in [-0.39, 0.29) is 23.1 Å². The minimum atomic E-state index is -0.725. The van der Waals surface area contributed by atoms with E-state index in [1.807, 2.05) is 12.1 Å². The fourth-order valence-corrected chi connectivity index (χ4v) is 5.27. The SMILES string of the molecule is O=C1C(=O)N(C2CCCCC2)C(c2cccc(O)c2)/C1=C(/O)c1ccc2c(c1)CCCO2. The first-order valence-corrected chi connectivity index (χ1v) is 11.4. The van der Waals surface area contributed by atoms with Crippen molar-refractivity contribution < 1.29 is 24.5 Å². The average Bonchev–Trinajstić information content (AvgIpc) is 3.09. The van der Waals surface area contributed by atoms with Gasteiger partial charge >= 0.3 is 0 Å². The molecule has 166 valence electrons. The van der Waals surface area contributed by atoms with E-state index in [2.05, 4.69) is 0 Å². The van der Waals surface area contributed by atoms with E-state index in [0.29, 0.717) is 17.7 Å². The number of likely N-dealkylation sites (tertiary alicyclic amines) is 1. The van der Waals surface area contributed by atoms with Crippen molar-refractivity contribution in [3.8, 4) is 11.5 Å². The first-order chi connectivity index (χ1) is 15.5. The second-order valence-corrected chi connectivity index (χ2v) is 8.87. The molecule has 1 aliphatic carbocycles.